The van der Waals surface area contributed by atoms with Crippen LogP contribution < -0.4 is 10.0 Å². The van der Waals surface area contributed by atoms with Crippen LogP contribution >= 0.6 is 0 Å². The third-order valence-corrected chi connectivity index (χ3v) is 4.16. The summed E-state index contributed by atoms with van der Waals surface area (Å²) in [6.07, 6.45) is 0.823. The van der Waals surface area contributed by atoms with Crippen LogP contribution in [0.2, 0.25) is 0 Å². The molecule has 2 rings (SSSR count). The Morgan fingerprint density at radius 3 is 2.59 bits per heavy atom. The molecule has 0 aromatic heterocycles. The van der Waals surface area contributed by atoms with Crippen molar-refractivity contribution in [3.63, 3.8) is 0 Å². The minimum absolute atomic E-state index is 0.114. The van der Waals surface area contributed by atoms with E-state index in [9.17, 15) is 13.2 Å². The van der Waals surface area contributed by atoms with Crippen molar-refractivity contribution in [1.29, 1.82) is 0 Å². The molecule has 2 N–H and O–H groups in total. The second kappa shape index (κ2) is 4.85. The Kier molecular flexibility index (Phi) is 3.44. The van der Waals surface area contributed by atoms with Crippen LogP contribution in [0, 0.1) is 0 Å². The zero-order chi connectivity index (χ0) is 12.3. The van der Waals surface area contributed by atoms with Gasteiger partial charge in [-0.15, -0.1) is 0 Å². The van der Waals surface area contributed by atoms with Crippen molar-refractivity contribution in [2.45, 2.75) is 23.8 Å². The van der Waals surface area contributed by atoms with Gasteiger partial charge in [0.15, 0.2) is 0 Å². The molecule has 0 spiro atoms. The van der Waals surface area contributed by atoms with Crippen LogP contribution in [-0.2, 0) is 14.8 Å². The highest BCUT2D eigenvalue weighted by molar-refractivity contribution is 7.89. The van der Waals surface area contributed by atoms with Gasteiger partial charge in [-0.2, -0.15) is 0 Å². The van der Waals surface area contributed by atoms with Gasteiger partial charge in [-0.1, -0.05) is 18.2 Å². The van der Waals surface area contributed by atoms with Crippen LogP contribution in [0.3, 0.4) is 0 Å². The Hall–Kier alpha value is -1.40. The summed E-state index contributed by atoms with van der Waals surface area (Å²) in [7, 11) is -3.51. The quantitative estimate of drug-likeness (QED) is 0.811. The summed E-state index contributed by atoms with van der Waals surface area (Å²) in [6, 6.07) is 7.85. The third-order valence-electron chi connectivity index (χ3n) is 2.62. The average Bonchev–Trinajstić information content (AvgIpc) is 2.29. The van der Waals surface area contributed by atoms with E-state index in [2.05, 4.69) is 10.0 Å². The van der Waals surface area contributed by atoms with Crippen LogP contribution in [-0.4, -0.2) is 26.9 Å². The summed E-state index contributed by atoms with van der Waals surface area (Å²) < 4.78 is 26.5. The SMILES string of the molecule is O=C1CC(NS(=O)(=O)c2ccccc2)CCN1. The smallest absolute Gasteiger partial charge is 0.240 e. The number of nitrogens with one attached hydrogen (secondary N) is 2. The lowest BCUT2D eigenvalue weighted by molar-refractivity contribution is -0.122. The molecule has 1 aromatic rings. The van der Waals surface area contributed by atoms with Crippen molar-refractivity contribution in [2.75, 3.05) is 6.54 Å². The van der Waals surface area contributed by atoms with E-state index in [4.69, 9.17) is 0 Å². The largest absolute Gasteiger partial charge is 0.356 e. The number of piperidine rings is 1. The van der Waals surface area contributed by atoms with Gasteiger partial charge in [0.2, 0.25) is 15.9 Å². The molecule has 0 bridgehead atoms. The number of hydrogen-bond acceptors (Lipinski definition) is 3. The maximum atomic E-state index is 12.0. The summed E-state index contributed by atoms with van der Waals surface area (Å²) in [5, 5.41) is 2.66. The first kappa shape index (κ1) is 12.1. The van der Waals surface area contributed by atoms with E-state index in [1.165, 1.54) is 12.1 Å². The van der Waals surface area contributed by atoms with Crippen LogP contribution in [0.1, 0.15) is 12.8 Å². The highest BCUT2D eigenvalue weighted by Gasteiger charge is 2.24. The Labute approximate surface area is 100 Å². The lowest BCUT2D eigenvalue weighted by Gasteiger charge is -2.22. The Morgan fingerprint density at radius 1 is 1.24 bits per heavy atom. The molecule has 1 amide bonds. The van der Waals surface area contributed by atoms with E-state index in [-0.39, 0.29) is 23.3 Å². The van der Waals surface area contributed by atoms with Gasteiger partial charge < -0.3 is 5.32 Å². The summed E-state index contributed by atoms with van der Waals surface area (Å²) in [5.74, 6) is -0.114. The highest BCUT2D eigenvalue weighted by atomic mass is 32.2. The average molecular weight is 254 g/mol. The van der Waals surface area contributed by atoms with Gasteiger partial charge in [0.1, 0.15) is 0 Å². The van der Waals surface area contributed by atoms with E-state index in [0.717, 1.165) is 0 Å². The number of carbonyl (C=O) groups excluding carboxylic acids is 1. The van der Waals surface area contributed by atoms with E-state index >= 15 is 0 Å². The summed E-state index contributed by atoms with van der Waals surface area (Å²) >= 11 is 0. The van der Waals surface area contributed by atoms with Crippen molar-refractivity contribution in [2.24, 2.45) is 0 Å². The van der Waals surface area contributed by atoms with Crippen LogP contribution in [0.4, 0.5) is 0 Å². The predicted molar refractivity (Wildman–Crippen MR) is 62.8 cm³/mol. The molecule has 1 heterocycles. The fourth-order valence-electron chi connectivity index (χ4n) is 1.77. The van der Waals surface area contributed by atoms with E-state index in [0.29, 0.717) is 13.0 Å². The number of sulfonamides is 1. The monoisotopic (exact) mass is 254 g/mol. The van der Waals surface area contributed by atoms with Gasteiger partial charge in [-0.05, 0) is 18.6 Å². The number of benzene rings is 1. The Morgan fingerprint density at radius 2 is 1.94 bits per heavy atom. The normalized spacial score (nSPS) is 20.9. The summed E-state index contributed by atoms with van der Waals surface area (Å²) in [6.45, 7) is 0.515. The van der Waals surface area contributed by atoms with E-state index < -0.39 is 10.0 Å². The van der Waals surface area contributed by atoms with Crippen molar-refractivity contribution < 1.29 is 13.2 Å². The lowest BCUT2D eigenvalue weighted by Crippen LogP contribution is -2.45. The Bertz CT molecular complexity index is 499. The molecule has 1 unspecified atom stereocenters. The molecule has 1 fully saturated rings. The zero-order valence-corrected chi connectivity index (χ0v) is 10.0. The molecule has 5 nitrogen and oxygen atoms in total. The molecule has 0 saturated carbocycles. The van der Waals surface area contributed by atoms with Crippen molar-refractivity contribution in [3.8, 4) is 0 Å². The fraction of sp³-hybridized carbons (Fsp3) is 0.364. The Balaban J connectivity index is 2.10. The number of hydrogen-bond donors (Lipinski definition) is 2. The maximum Gasteiger partial charge on any atom is 0.240 e. The number of amides is 1. The molecule has 17 heavy (non-hydrogen) atoms. The minimum atomic E-state index is -3.51. The molecule has 1 atom stereocenters. The topological polar surface area (TPSA) is 75.3 Å². The van der Waals surface area contributed by atoms with E-state index in [1.807, 2.05) is 0 Å². The standard InChI is InChI=1S/C11H14N2O3S/c14-11-8-9(6-7-12-11)13-17(15,16)10-4-2-1-3-5-10/h1-5,9,13H,6-8H2,(H,12,14). The molecule has 1 aliphatic rings. The predicted octanol–water partition coefficient (Wildman–Crippen LogP) is 0.243. The van der Waals surface area contributed by atoms with Crippen molar-refractivity contribution in [3.05, 3.63) is 30.3 Å². The second-order valence-electron chi connectivity index (χ2n) is 3.97. The minimum Gasteiger partial charge on any atom is -0.356 e. The van der Waals surface area contributed by atoms with Gasteiger partial charge in [-0.3, -0.25) is 4.79 Å². The van der Waals surface area contributed by atoms with Crippen molar-refractivity contribution >= 4 is 15.9 Å². The fourth-order valence-corrected chi connectivity index (χ4v) is 3.06. The highest BCUT2D eigenvalue weighted by Crippen LogP contribution is 2.11. The second-order valence-corrected chi connectivity index (χ2v) is 5.69. The zero-order valence-electron chi connectivity index (χ0n) is 9.22. The van der Waals surface area contributed by atoms with Crippen LogP contribution in [0.25, 0.3) is 0 Å². The van der Waals surface area contributed by atoms with Gasteiger partial charge in [0.05, 0.1) is 4.90 Å². The molecule has 0 aliphatic carbocycles. The van der Waals surface area contributed by atoms with Gasteiger partial charge >= 0.3 is 0 Å². The molecule has 1 aromatic carbocycles. The number of rotatable bonds is 3. The first-order chi connectivity index (χ1) is 8.08. The van der Waals surface area contributed by atoms with Crippen LogP contribution in [0.15, 0.2) is 35.2 Å². The van der Waals surface area contributed by atoms with Gasteiger partial charge in [0, 0.05) is 19.0 Å². The molecular formula is C11H14N2O3S. The third kappa shape index (κ3) is 3.04. The van der Waals surface area contributed by atoms with Gasteiger partial charge in [-0.25, -0.2) is 13.1 Å². The number of carbonyl (C=O) groups is 1. The summed E-state index contributed by atoms with van der Waals surface area (Å²) in [5.41, 5.74) is 0. The van der Waals surface area contributed by atoms with E-state index in [1.54, 1.807) is 18.2 Å². The first-order valence-corrected chi connectivity index (χ1v) is 6.90. The first-order valence-electron chi connectivity index (χ1n) is 5.42. The molecule has 0 radical (unpaired) electrons. The maximum absolute atomic E-state index is 12.0. The van der Waals surface area contributed by atoms with Crippen LogP contribution in [0.5, 0.6) is 0 Å². The molecule has 1 aliphatic heterocycles. The molecule has 92 valence electrons. The van der Waals surface area contributed by atoms with Crippen molar-refractivity contribution in [1.82, 2.24) is 10.0 Å². The molecule has 1 saturated heterocycles. The molecule has 6 heteroatoms. The molecular weight excluding hydrogens is 240 g/mol. The summed E-state index contributed by atoms with van der Waals surface area (Å²) in [4.78, 5) is 11.4. The lowest BCUT2D eigenvalue weighted by atomic mass is 10.1. The van der Waals surface area contributed by atoms with Gasteiger partial charge in [0.25, 0.3) is 0 Å².